The lowest BCUT2D eigenvalue weighted by Gasteiger charge is -2.12. The van der Waals surface area contributed by atoms with Gasteiger partial charge < -0.3 is 10.3 Å². The number of aromatic amines is 1. The van der Waals surface area contributed by atoms with Gasteiger partial charge in [0.05, 0.1) is 22.2 Å². The van der Waals surface area contributed by atoms with E-state index >= 15 is 0 Å². The average Bonchev–Trinajstić information content (AvgIpc) is 2.74. The van der Waals surface area contributed by atoms with Crippen molar-refractivity contribution in [3.8, 4) is 5.69 Å². The third-order valence-corrected chi connectivity index (χ3v) is 4.98. The quantitative estimate of drug-likeness (QED) is 0.316. The van der Waals surface area contributed by atoms with Crippen molar-refractivity contribution in [1.82, 2.24) is 9.55 Å². The predicted octanol–water partition coefficient (Wildman–Crippen LogP) is 5.46. The number of aromatic nitrogens is 2. The van der Waals surface area contributed by atoms with Crippen LogP contribution in [0.25, 0.3) is 16.6 Å². The Bertz CT molecular complexity index is 1460. The first-order valence-electron chi connectivity index (χ1n) is 9.17. The highest BCUT2D eigenvalue weighted by Gasteiger charge is 2.30. The molecule has 0 saturated heterocycles. The minimum atomic E-state index is -4.57. The SMILES string of the molecule is O=C(Nc1ccc(F)cc1)c1ccc2c(=O)n(-c3cccc(C(F)(F)F)c3)c(=S)[nH]c2c1. The first kappa shape index (κ1) is 21.4. The number of carbonyl (C=O) groups excluding carboxylic acids is 1. The molecule has 3 aromatic carbocycles. The molecule has 1 aromatic heterocycles. The topological polar surface area (TPSA) is 66.9 Å². The average molecular weight is 459 g/mol. The van der Waals surface area contributed by atoms with Crippen molar-refractivity contribution in [2.24, 2.45) is 0 Å². The molecule has 0 spiro atoms. The molecule has 0 bridgehead atoms. The van der Waals surface area contributed by atoms with E-state index in [-0.39, 0.29) is 26.9 Å². The van der Waals surface area contributed by atoms with Gasteiger partial charge in [-0.3, -0.25) is 14.2 Å². The van der Waals surface area contributed by atoms with E-state index in [2.05, 4.69) is 10.3 Å². The van der Waals surface area contributed by atoms with E-state index in [9.17, 15) is 27.2 Å². The third kappa shape index (κ3) is 4.17. The summed E-state index contributed by atoms with van der Waals surface area (Å²) in [6, 6.07) is 13.6. The summed E-state index contributed by atoms with van der Waals surface area (Å²) in [7, 11) is 0. The molecule has 4 aromatic rings. The molecule has 32 heavy (non-hydrogen) atoms. The van der Waals surface area contributed by atoms with Gasteiger partial charge in [0.25, 0.3) is 11.5 Å². The number of alkyl halides is 3. The van der Waals surface area contributed by atoms with Crippen LogP contribution in [0, 0.1) is 10.6 Å². The molecule has 0 atom stereocenters. The Hall–Kier alpha value is -3.79. The summed E-state index contributed by atoms with van der Waals surface area (Å²) in [6.45, 7) is 0. The Balaban J connectivity index is 1.74. The largest absolute Gasteiger partial charge is 0.416 e. The summed E-state index contributed by atoms with van der Waals surface area (Å²) < 4.78 is 53.0. The number of anilines is 1. The first-order chi connectivity index (χ1) is 15.1. The maximum Gasteiger partial charge on any atom is 0.416 e. The summed E-state index contributed by atoms with van der Waals surface area (Å²) in [6.07, 6.45) is -4.57. The molecule has 5 nitrogen and oxygen atoms in total. The van der Waals surface area contributed by atoms with Crippen LogP contribution in [-0.2, 0) is 6.18 Å². The zero-order valence-electron chi connectivity index (χ0n) is 16.0. The first-order valence-corrected chi connectivity index (χ1v) is 9.58. The number of benzene rings is 3. The molecule has 4 rings (SSSR count). The van der Waals surface area contributed by atoms with Gasteiger partial charge in [0.1, 0.15) is 5.82 Å². The number of amides is 1. The van der Waals surface area contributed by atoms with Crippen LogP contribution in [0.3, 0.4) is 0 Å². The number of nitrogens with zero attached hydrogens (tertiary/aromatic N) is 1. The molecule has 1 amide bonds. The molecule has 0 aliphatic heterocycles. The lowest BCUT2D eigenvalue weighted by Crippen LogP contribution is -2.21. The lowest BCUT2D eigenvalue weighted by atomic mass is 10.1. The Morgan fingerprint density at radius 1 is 1.00 bits per heavy atom. The highest BCUT2D eigenvalue weighted by Crippen LogP contribution is 2.30. The van der Waals surface area contributed by atoms with Crippen molar-refractivity contribution in [3.63, 3.8) is 0 Å². The van der Waals surface area contributed by atoms with Crippen molar-refractivity contribution in [3.05, 3.63) is 98.8 Å². The van der Waals surface area contributed by atoms with Gasteiger partial charge in [-0.2, -0.15) is 13.2 Å². The summed E-state index contributed by atoms with van der Waals surface area (Å²) in [4.78, 5) is 28.3. The zero-order valence-corrected chi connectivity index (χ0v) is 16.9. The van der Waals surface area contributed by atoms with Crippen molar-refractivity contribution in [2.75, 3.05) is 5.32 Å². The normalized spacial score (nSPS) is 11.5. The van der Waals surface area contributed by atoms with Crippen LogP contribution >= 0.6 is 12.2 Å². The second-order valence-electron chi connectivity index (χ2n) is 6.84. The molecule has 0 saturated carbocycles. The van der Waals surface area contributed by atoms with Crippen LogP contribution in [0.4, 0.5) is 23.2 Å². The van der Waals surface area contributed by atoms with Gasteiger partial charge in [-0.25, -0.2) is 4.39 Å². The molecular weight excluding hydrogens is 446 g/mol. The van der Waals surface area contributed by atoms with Crippen molar-refractivity contribution < 1.29 is 22.4 Å². The number of carbonyl (C=O) groups is 1. The molecule has 0 fully saturated rings. The summed E-state index contributed by atoms with van der Waals surface area (Å²) in [5, 5.41) is 2.74. The van der Waals surface area contributed by atoms with Crippen LogP contribution in [-0.4, -0.2) is 15.5 Å². The molecule has 10 heteroatoms. The number of hydrogen-bond donors (Lipinski definition) is 2. The summed E-state index contributed by atoms with van der Waals surface area (Å²) in [5.41, 5.74) is -0.757. The smallest absolute Gasteiger partial charge is 0.331 e. The lowest BCUT2D eigenvalue weighted by molar-refractivity contribution is -0.137. The molecule has 0 radical (unpaired) electrons. The van der Waals surface area contributed by atoms with Gasteiger partial charge in [0.2, 0.25) is 0 Å². The van der Waals surface area contributed by atoms with Crippen LogP contribution in [0.15, 0.2) is 71.5 Å². The van der Waals surface area contributed by atoms with E-state index in [1.165, 1.54) is 54.6 Å². The fourth-order valence-electron chi connectivity index (χ4n) is 3.15. The monoisotopic (exact) mass is 459 g/mol. The second-order valence-corrected chi connectivity index (χ2v) is 7.23. The van der Waals surface area contributed by atoms with E-state index in [1.54, 1.807) is 0 Å². The molecule has 2 N–H and O–H groups in total. The highest BCUT2D eigenvalue weighted by atomic mass is 32.1. The minimum absolute atomic E-state index is 0.0360. The van der Waals surface area contributed by atoms with E-state index in [1.807, 2.05) is 0 Å². The molecule has 0 aliphatic carbocycles. The number of rotatable bonds is 3. The van der Waals surface area contributed by atoms with Gasteiger partial charge in [0.15, 0.2) is 4.77 Å². The fraction of sp³-hybridized carbons (Fsp3) is 0.0455. The second kappa shape index (κ2) is 8.04. The maximum atomic E-state index is 13.1. The van der Waals surface area contributed by atoms with Gasteiger partial charge in [-0.15, -0.1) is 0 Å². The molecule has 162 valence electrons. The number of nitrogens with one attached hydrogen (secondary N) is 2. The van der Waals surface area contributed by atoms with Crippen LogP contribution in [0.1, 0.15) is 15.9 Å². The van der Waals surface area contributed by atoms with Gasteiger partial charge in [-0.1, -0.05) is 6.07 Å². The van der Waals surface area contributed by atoms with Gasteiger partial charge in [-0.05, 0) is 72.9 Å². The Labute approximate surface area is 183 Å². The van der Waals surface area contributed by atoms with E-state index in [4.69, 9.17) is 12.2 Å². The number of H-pyrrole nitrogens is 1. The number of halogens is 4. The van der Waals surface area contributed by atoms with Crippen molar-refractivity contribution in [1.29, 1.82) is 0 Å². The molecule has 1 heterocycles. The van der Waals surface area contributed by atoms with E-state index in [0.717, 1.165) is 16.7 Å². The summed E-state index contributed by atoms with van der Waals surface area (Å²) in [5.74, 6) is -0.946. The maximum absolute atomic E-state index is 13.1. The Morgan fingerprint density at radius 2 is 1.72 bits per heavy atom. The van der Waals surface area contributed by atoms with E-state index < -0.39 is 29.0 Å². The standard InChI is InChI=1S/C22H13F4N3O2S/c23-14-5-7-15(8-6-14)27-19(30)12-4-9-17-18(10-12)28-21(32)29(20(17)31)16-3-1-2-13(11-16)22(24,25)26/h1-11H,(H,27,30)(H,28,32). The zero-order chi connectivity index (χ0) is 23.0. The predicted molar refractivity (Wildman–Crippen MR) is 114 cm³/mol. The molecular formula is C22H13F4N3O2S. The molecule has 0 aliphatic rings. The Kier molecular flexibility index (Phi) is 5.39. The van der Waals surface area contributed by atoms with Crippen LogP contribution in [0.2, 0.25) is 0 Å². The van der Waals surface area contributed by atoms with Crippen molar-refractivity contribution >= 4 is 34.7 Å². The third-order valence-electron chi connectivity index (χ3n) is 4.69. The van der Waals surface area contributed by atoms with Crippen LogP contribution in [0.5, 0.6) is 0 Å². The van der Waals surface area contributed by atoms with Gasteiger partial charge in [0, 0.05) is 11.3 Å². The Morgan fingerprint density at radius 3 is 2.41 bits per heavy atom. The fourth-order valence-corrected chi connectivity index (χ4v) is 3.45. The molecule has 0 unspecified atom stereocenters. The number of fused-ring (bicyclic) bond motifs is 1. The van der Waals surface area contributed by atoms with Crippen molar-refractivity contribution in [2.45, 2.75) is 6.18 Å². The van der Waals surface area contributed by atoms with Gasteiger partial charge >= 0.3 is 6.18 Å². The number of hydrogen-bond acceptors (Lipinski definition) is 3. The summed E-state index contributed by atoms with van der Waals surface area (Å²) >= 11 is 5.20. The van der Waals surface area contributed by atoms with E-state index in [0.29, 0.717) is 5.69 Å². The van der Waals surface area contributed by atoms with Crippen LogP contribution < -0.4 is 10.9 Å². The minimum Gasteiger partial charge on any atom is -0.331 e. The highest BCUT2D eigenvalue weighted by molar-refractivity contribution is 7.71.